The minimum Gasteiger partial charge on any atom is -0.493 e. The molecule has 0 bridgehead atoms. The molecule has 1 aromatic carbocycles. The van der Waals surface area contributed by atoms with Crippen molar-refractivity contribution in [1.29, 1.82) is 0 Å². The Labute approximate surface area is 106 Å². The predicted molar refractivity (Wildman–Crippen MR) is 67.7 cm³/mol. The van der Waals surface area contributed by atoms with Crippen LogP contribution in [0.2, 0.25) is 0 Å². The van der Waals surface area contributed by atoms with Gasteiger partial charge in [-0.05, 0) is 31.2 Å². The normalized spacial score (nSPS) is 9.61. The summed E-state index contributed by atoms with van der Waals surface area (Å²) in [6.07, 6.45) is 1.73. The molecule has 0 aliphatic heterocycles. The Balaban J connectivity index is 2.25. The van der Waals surface area contributed by atoms with Crippen LogP contribution in [0.5, 0.6) is 5.75 Å². The van der Waals surface area contributed by atoms with E-state index in [1.165, 1.54) is 6.92 Å². The summed E-state index contributed by atoms with van der Waals surface area (Å²) in [6.45, 7) is 5.56. The summed E-state index contributed by atoms with van der Waals surface area (Å²) in [7, 11) is 0. The summed E-state index contributed by atoms with van der Waals surface area (Å²) in [4.78, 5) is 21.8. The van der Waals surface area contributed by atoms with Gasteiger partial charge in [-0.15, -0.1) is 0 Å². The zero-order chi connectivity index (χ0) is 13.4. The zero-order valence-corrected chi connectivity index (χ0v) is 10.3. The molecule has 0 atom stereocenters. The summed E-state index contributed by atoms with van der Waals surface area (Å²) < 4.78 is 10.2. The standard InChI is InChI=1S/C14H16O4/c1-3-14(16)18-10-4-9-17-13-7-5-12(6-8-13)11(2)15/h3,5-8H,1,4,9-10H2,2H3. The highest BCUT2D eigenvalue weighted by molar-refractivity contribution is 5.94. The molecular weight excluding hydrogens is 232 g/mol. The molecule has 4 heteroatoms. The average Bonchev–Trinajstić information content (AvgIpc) is 2.38. The van der Waals surface area contributed by atoms with Crippen LogP contribution in [-0.4, -0.2) is 25.0 Å². The van der Waals surface area contributed by atoms with Crippen LogP contribution in [0.1, 0.15) is 23.7 Å². The van der Waals surface area contributed by atoms with Crippen molar-refractivity contribution in [3.63, 3.8) is 0 Å². The Bertz CT molecular complexity index is 420. The van der Waals surface area contributed by atoms with Crippen molar-refractivity contribution in [1.82, 2.24) is 0 Å². The van der Waals surface area contributed by atoms with Gasteiger partial charge >= 0.3 is 5.97 Å². The van der Waals surface area contributed by atoms with Gasteiger partial charge in [-0.25, -0.2) is 4.79 Å². The van der Waals surface area contributed by atoms with E-state index in [9.17, 15) is 9.59 Å². The van der Waals surface area contributed by atoms with Gasteiger partial charge in [0.15, 0.2) is 5.78 Å². The fourth-order valence-corrected chi connectivity index (χ4v) is 1.27. The van der Waals surface area contributed by atoms with Crippen LogP contribution < -0.4 is 4.74 Å². The molecule has 0 unspecified atom stereocenters. The summed E-state index contributed by atoms with van der Waals surface area (Å²) in [6, 6.07) is 6.92. The van der Waals surface area contributed by atoms with Crippen molar-refractivity contribution in [2.45, 2.75) is 13.3 Å². The van der Waals surface area contributed by atoms with E-state index in [0.29, 0.717) is 30.9 Å². The Hall–Kier alpha value is -2.10. The molecule has 0 aromatic heterocycles. The van der Waals surface area contributed by atoms with Gasteiger partial charge in [0.05, 0.1) is 13.2 Å². The van der Waals surface area contributed by atoms with Crippen LogP contribution in [0.25, 0.3) is 0 Å². The number of ether oxygens (including phenoxy) is 2. The lowest BCUT2D eigenvalue weighted by Crippen LogP contribution is -2.06. The molecule has 18 heavy (non-hydrogen) atoms. The maximum Gasteiger partial charge on any atom is 0.330 e. The quantitative estimate of drug-likeness (QED) is 0.322. The summed E-state index contributed by atoms with van der Waals surface area (Å²) >= 11 is 0. The van der Waals surface area contributed by atoms with Gasteiger partial charge in [0.1, 0.15) is 5.75 Å². The first-order chi connectivity index (χ1) is 8.63. The Morgan fingerprint density at radius 2 is 1.89 bits per heavy atom. The number of esters is 1. The van der Waals surface area contributed by atoms with Crippen LogP contribution in [0.4, 0.5) is 0 Å². The molecule has 0 saturated heterocycles. The van der Waals surface area contributed by atoms with Crippen LogP contribution in [0.15, 0.2) is 36.9 Å². The fraction of sp³-hybridized carbons (Fsp3) is 0.286. The van der Waals surface area contributed by atoms with Crippen molar-refractivity contribution in [2.24, 2.45) is 0 Å². The maximum atomic E-state index is 11.1. The number of hydrogen-bond donors (Lipinski definition) is 0. The van der Waals surface area contributed by atoms with E-state index >= 15 is 0 Å². The maximum absolute atomic E-state index is 11.1. The van der Waals surface area contributed by atoms with E-state index in [1.807, 2.05) is 0 Å². The van der Waals surface area contributed by atoms with Gasteiger partial charge in [-0.3, -0.25) is 4.79 Å². The molecule has 0 heterocycles. The Morgan fingerprint density at radius 3 is 2.44 bits per heavy atom. The lowest BCUT2D eigenvalue weighted by molar-refractivity contribution is -0.137. The number of benzene rings is 1. The van der Waals surface area contributed by atoms with Gasteiger partial charge in [0.25, 0.3) is 0 Å². The first-order valence-electron chi connectivity index (χ1n) is 5.66. The SMILES string of the molecule is C=CC(=O)OCCCOc1ccc(C(C)=O)cc1. The van der Waals surface area contributed by atoms with E-state index in [4.69, 9.17) is 9.47 Å². The third kappa shape index (κ3) is 4.82. The second kappa shape index (κ2) is 7.27. The van der Waals surface area contributed by atoms with Crippen LogP contribution >= 0.6 is 0 Å². The number of carbonyl (C=O) groups is 2. The fourth-order valence-electron chi connectivity index (χ4n) is 1.27. The summed E-state index contributed by atoms with van der Waals surface area (Å²) in [5, 5.41) is 0. The highest BCUT2D eigenvalue weighted by atomic mass is 16.5. The third-order valence-electron chi connectivity index (χ3n) is 2.23. The first kappa shape index (κ1) is 14.0. The van der Waals surface area contributed by atoms with Crippen molar-refractivity contribution in [2.75, 3.05) is 13.2 Å². The summed E-state index contributed by atoms with van der Waals surface area (Å²) in [5.74, 6) is 0.286. The van der Waals surface area contributed by atoms with Crippen molar-refractivity contribution in [3.05, 3.63) is 42.5 Å². The second-order valence-corrected chi connectivity index (χ2v) is 3.65. The summed E-state index contributed by atoms with van der Waals surface area (Å²) in [5.41, 5.74) is 0.655. The van der Waals surface area contributed by atoms with E-state index < -0.39 is 5.97 Å². The largest absolute Gasteiger partial charge is 0.493 e. The minimum atomic E-state index is -0.430. The number of ketones is 1. The molecule has 0 aliphatic rings. The lowest BCUT2D eigenvalue weighted by Gasteiger charge is -2.06. The third-order valence-corrected chi connectivity index (χ3v) is 2.23. The van der Waals surface area contributed by atoms with Crippen molar-refractivity contribution in [3.8, 4) is 5.75 Å². The zero-order valence-electron chi connectivity index (χ0n) is 10.3. The van der Waals surface area contributed by atoms with E-state index in [0.717, 1.165) is 6.08 Å². The van der Waals surface area contributed by atoms with Gasteiger partial charge in [0.2, 0.25) is 0 Å². The molecule has 96 valence electrons. The van der Waals surface area contributed by atoms with Gasteiger partial charge in [-0.1, -0.05) is 6.58 Å². The number of carbonyl (C=O) groups excluding carboxylic acids is 2. The molecule has 0 aliphatic carbocycles. The average molecular weight is 248 g/mol. The smallest absolute Gasteiger partial charge is 0.330 e. The number of hydrogen-bond acceptors (Lipinski definition) is 4. The molecule has 0 fully saturated rings. The molecule has 1 rings (SSSR count). The first-order valence-corrected chi connectivity index (χ1v) is 5.66. The van der Waals surface area contributed by atoms with Crippen LogP contribution in [-0.2, 0) is 9.53 Å². The van der Waals surface area contributed by atoms with E-state index in [1.54, 1.807) is 24.3 Å². The molecule has 1 aromatic rings. The number of Topliss-reactive ketones (excluding diaryl/α,β-unsaturated/α-hetero) is 1. The topological polar surface area (TPSA) is 52.6 Å². The molecule has 0 amide bonds. The van der Waals surface area contributed by atoms with Gasteiger partial charge in [0, 0.05) is 18.1 Å². The van der Waals surface area contributed by atoms with Crippen LogP contribution in [0, 0.1) is 0 Å². The van der Waals surface area contributed by atoms with Crippen molar-refractivity contribution < 1.29 is 19.1 Å². The highest BCUT2D eigenvalue weighted by Crippen LogP contribution is 2.12. The molecule has 4 nitrogen and oxygen atoms in total. The lowest BCUT2D eigenvalue weighted by atomic mass is 10.1. The van der Waals surface area contributed by atoms with Gasteiger partial charge < -0.3 is 9.47 Å². The van der Waals surface area contributed by atoms with Crippen LogP contribution in [0.3, 0.4) is 0 Å². The molecule has 0 saturated carbocycles. The predicted octanol–water partition coefficient (Wildman–Crippen LogP) is 2.39. The van der Waals surface area contributed by atoms with Crippen molar-refractivity contribution >= 4 is 11.8 Å². The van der Waals surface area contributed by atoms with Gasteiger partial charge in [-0.2, -0.15) is 0 Å². The molecule has 0 spiro atoms. The molecule has 0 N–H and O–H groups in total. The second-order valence-electron chi connectivity index (χ2n) is 3.65. The Morgan fingerprint density at radius 1 is 1.22 bits per heavy atom. The molecule has 0 radical (unpaired) electrons. The van der Waals surface area contributed by atoms with E-state index in [-0.39, 0.29) is 5.78 Å². The Kier molecular flexibility index (Phi) is 5.64. The minimum absolute atomic E-state index is 0.0258. The van der Waals surface area contributed by atoms with E-state index in [2.05, 4.69) is 6.58 Å². The highest BCUT2D eigenvalue weighted by Gasteiger charge is 2.00. The number of rotatable bonds is 7. The molecular formula is C14H16O4. The monoisotopic (exact) mass is 248 g/mol.